The van der Waals surface area contributed by atoms with Crippen molar-refractivity contribution in [1.82, 2.24) is 4.57 Å². The highest BCUT2D eigenvalue weighted by Gasteiger charge is 2.14. The number of fused-ring (bicyclic) bond motifs is 1. The van der Waals surface area contributed by atoms with Crippen LogP contribution in [0.25, 0.3) is 0 Å². The van der Waals surface area contributed by atoms with E-state index < -0.39 is 0 Å². The zero-order valence-electron chi connectivity index (χ0n) is 8.26. The maximum absolute atomic E-state index is 11.6. The Balaban J connectivity index is 2.70. The Kier molecular flexibility index (Phi) is 1.98. The third-order valence-corrected chi connectivity index (χ3v) is 3.01. The molecule has 0 radical (unpaired) electrons. The molecule has 2 heteroatoms. The van der Waals surface area contributed by atoms with E-state index in [4.69, 9.17) is 0 Å². The lowest BCUT2D eigenvalue weighted by Gasteiger charge is -2.20. The highest BCUT2D eigenvalue weighted by molar-refractivity contribution is 5.26. The normalized spacial score (nSPS) is 15.5. The summed E-state index contributed by atoms with van der Waals surface area (Å²) < 4.78 is 2.16. The largest absolute Gasteiger partial charge is 0.351 e. The molecule has 1 aromatic heterocycles. The van der Waals surface area contributed by atoms with Gasteiger partial charge in [-0.2, -0.15) is 0 Å². The number of pyridine rings is 1. The SMILES string of the molecule is Cc1cc(=O)c2c(n1C)CCCC2. The average molecular weight is 177 g/mol. The Morgan fingerprint density at radius 3 is 2.77 bits per heavy atom. The van der Waals surface area contributed by atoms with Gasteiger partial charge in [-0.3, -0.25) is 4.79 Å². The Labute approximate surface area is 78.2 Å². The molecular formula is C11H15NO. The number of aryl methyl sites for hydroxylation is 1. The molecule has 1 aliphatic rings. The second-order valence-corrected chi connectivity index (χ2v) is 3.84. The van der Waals surface area contributed by atoms with Crippen molar-refractivity contribution in [3.63, 3.8) is 0 Å². The first-order chi connectivity index (χ1) is 6.20. The third kappa shape index (κ3) is 1.30. The van der Waals surface area contributed by atoms with Crippen molar-refractivity contribution in [2.75, 3.05) is 0 Å². The zero-order valence-corrected chi connectivity index (χ0v) is 8.26. The summed E-state index contributed by atoms with van der Waals surface area (Å²) in [5.74, 6) is 0. The maximum atomic E-state index is 11.6. The van der Waals surface area contributed by atoms with E-state index in [2.05, 4.69) is 11.6 Å². The summed E-state index contributed by atoms with van der Waals surface area (Å²) in [5, 5.41) is 0. The molecular weight excluding hydrogens is 162 g/mol. The van der Waals surface area contributed by atoms with Crippen molar-refractivity contribution in [1.29, 1.82) is 0 Å². The molecule has 1 aliphatic carbocycles. The van der Waals surface area contributed by atoms with Crippen molar-refractivity contribution in [3.05, 3.63) is 33.2 Å². The fraction of sp³-hybridized carbons (Fsp3) is 0.545. The summed E-state index contributed by atoms with van der Waals surface area (Å²) in [5.41, 5.74) is 3.63. The van der Waals surface area contributed by atoms with E-state index in [1.165, 1.54) is 18.5 Å². The minimum atomic E-state index is 0.241. The first kappa shape index (κ1) is 8.54. The Bertz CT molecular complexity index is 390. The van der Waals surface area contributed by atoms with Gasteiger partial charge in [0.05, 0.1) is 0 Å². The van der Waals surface area contributed by atoms with Crippen LogP contribution in [0.2, 0.25) is 0 Å². The van der Waals surface area contributed by atoms with Gasteiger partial charge in [-0.15, -0.1) is 0 Å². The topological polar surface area (TPSA) is 22.0 Å². The van der Waals surface area contributed by atoms with Gasteiger partial charge in [-0.25, -0.2) is 0 Å². The predicted molar refractivity (Wildman–Crippen MR) is 53.1 cm³/mol. The first-order valence-corrected chi connectivity index (χ1v) is 4.88. The van der Waals surface area contributed by atoms with E-state index in [1.54, 1.807) is 6.07 Å². The molecule has 0 aromatic carbocycles. The summed E-state index contributed by atoms with van der Waals surface area (Å²) >= 11 is 0. The molecule has 1 aromatic rings. The van der Waals surface area contributed by atoms with Crippen LogP contribution in [0.1, 0.15) is 29.8 Å². The number of nitrogens with zero attached hydrogens (tertiary/aromatic N) is 1. The highest BCUT2D eigenvalue weighted by atomic mass is 16.1. The Morgan fingerprint density at radius 2 is 2.00 bits per heavy atom. The van der Waals surface area contributed by atoms with Gasteiger partial charge in [0.2, 0.25) is 0 Å². The van der Waals surface area contributed by atoms with Crippen molar-refractivity contribution >= 4 is 0 Å². The molecule has 0 fully saturated rings. The summed E-state index contributed by atoms with van der Waals surface area (Å²) in [4.78, 5) is 11.6. The standard InChI is InChI=1S/C11H15NO/c1-8-7-11(13)9-5-3-4-6-10(9)12(8)2/h7H,3-6H2,1-2H3. The molecule has 0 saturated carbocycles. The van der Waals surface area contributed by atoms with Crippen molar-refractivity contribution in [2.45, 2.75) is 32.6 Å². The van der Waals surface area contributed by atoms with Crippen LogP contribution in [0, 0.1) is 6.92 Å². The lowest BCUT2D eigenvalue weighted by molar-refractivity contribution is 0.620. The minimum Gasteiger partial charge on any atom is -0.351 e. The van der Waals surface area contributed by atoms with Crippen LogP contribution in [-0.2, 0) is 19.9 Å². The molecule has 0 unspecified atom stereocenters. The van der Waals surface area contributed by atoms with E-state index in [1.807, 2.05) is 6.92 Å². The minimum absolute atomic E-state index is 0.241. The van der Waals surface area contributed by atoms with Gasteiger partial charge in [0.1, 0.15) is 0 Å². The average Bonchev–Trinajstić information content (AvgIpc) is 2.15. The summed E-state index contributed by atoms with van der Waals surface area (Å²) in [6.45, 7) is 2.00. The van der Waals surface area contributed by atoms with E-state index in [0.717, 1.165) is 24.1 Å². The van der Waals surface area contributed by atoms with Crippen LogP contribution in [0.4, 0.5) is 0 Å². The van der Waals surface area contributed by atoms with Crippen LogP contribution in [0.15, 0.2) is 10.9 Å². The zero-order chi connectivity index (χ0) is 9.42. The van der Waals surface area contributed by atoms with Gasteiger partial charge >= 0.3 is 0 Å². The lowest BCUT2D eigenvalue weighted by atomic mass is 9.95. The second-order valence-electron chi connectivity index (χ2n) is 3.84. The smallest absolute Gasteiger partial charge is 0.185 e. The maximum Gasteiger partial charge on any atom is 0.185 e. The fourth-order valence-corrected chi connectivity index (χ4v) is 2.11. The predicted octanol–water partition coefficient (Wildman–Crippen LogP) is 1.57. The molecule has 0 spiro atoms. The third-order valence-electron chi connectivity index (χ3n) is 3.01. The molecule has 0 atom stereocenters. The summed E-state index contributed by atoms with van der Waals surface area (Å²) in [7, 11) is 2.05. The van der Waals surface area contributed by atoms with Crippen molar-refractivity contribution in [3.8, 4) is 0 Å². The quantitative estimate of drug-likeness (QED) is 0.589. The van der Waals surface area contributed by atoms with Crippen molar-refractivity contribution < 1.29 is 0 Å². The number of hydrogen-bond acceptors (Lipinski definition) is 1. The molecule has 0 amide bonds. The van der Waals surface area contributed by atoms with Gasteiger partial charge in [0, 0.05) is 30.1 Å². The highest BCUT2D eigenvalue weighted by Crippen LogP contribution is 2.18. The molecule has 0 N–H and O–H groups in total. The molecule has 1 heterocycles. The Hall–Kier alpha value is -1.05. The van der Waals surface area contributed by atoms with E-state index in [9.17, 15) is 4.79 Å². The summed E-state index contributed by atoms with van der Waals surface area (Å²) in [6.07, 6.45) is 4.44. The monoisotopic (exact) mass is 177 g/mol. The van der Waals surface area contributed by atoms with Crippen LogP contribution in [0.5, 0.6) is 0 Å². The van der Waals surface area contributed by atoms with Crippen LogP contribution >= 0.6 is 0 Å². The molecule has 70 valence electrons. The molecule has 2 rings (SSSR count). The number of aromatic nitrogens is 1. The van der Waals surface area contributed by atoms with Crippen LogP contribution < -0.4 is 5.43 Å². The molecule has 13 heavy (non-hydrogen) atoms. The van der Waals surface area contributed by atoms with Crippen molar-refractivity contribution in [2.24, 2.45) is 7.05 Å². The summed E-state index contributed by atoms with van der Waals surface area (Å²) in [6, 6.07) is 1.75. The van der Waals surface area contributed by atoms with Gasteiger partial charge in [-0.1, -0.05) is 0 Å². The molecule has 0 aliphatic heterocycles. The molecule has 2 nitrogen and oxygen atoms in total. The first-order valence-electron chi connectivity index (χ1n) is 4.88. The van der Waals surface area contributed by atoms with Gasteiger partial charge < -0.3 is 4.57 Å². The second kappa shape index (κ2) is 3.02. The van der Waals surface area contributed by atoms with E-state index in [0.29, 0.717) is 0 Å². The molecule has 0 saturated heterocycles. The fourth-order valence-electron chi connectivity index (χ4n) is 2.11. The Morgan fingerprint density at radius 1 is 1.31 bits per heavy atom. The van der Waals surface area contributed by atoms with E-state index in [-0.39, 0.29) is 5.43 Å². The van der Waals surface area contributed by atoms with Gasteiger partial charge in [0.15, 0.2) is 5.43 Å². The van der Waals surface area contributed by atoms with Crippen LogP contribution in [0.3, 0.4) is 0 Å². The van der Waals surface area contributed by atoms with Gasteiger partial charge in [0.25, 0.3) is 0 Å². The lowest BCUT2D eigenvalue weighted by Crippen LogP contribution is -2.22. The number of rotatable bonds is 0. The molecule has 0 bridgehead atoms. The van der Waals surface area contributed by atoms with Gasteiger partial charge in [-0.05, 0) is 32.6 Å². The van der Waals surface area contributed by atoms with Crippen LogP contribution in [-0.4, -0.2) is 4.57 Å². The number of hydrogen-bond donors (Lipinski definition) is 0. The van der Waals surface area contributed by atoms with E-state index >= 15 is 0 Å².